The van der Waals surface area contributed by atoms with Crippen molar-refractivity contribution in [1.82, 2.24) is 10.3 Å². The summed E-state index contributed by atoms with van der Waals surface area (Å²) in [5, 5.41) is 2.97. The Kier molecular flexibility index (Phi) is 10.6. The van der Waals surface area contributed by atoms with Gasteiger partial charge in [-0.05, 0) is 85.2 Å². The summed E-state index contributed by atoms with van der Waals surface area (Å²) in [5.74, 6) is -2.06. The monoisotopic (exact) mass is 660 g/mol. The molecule has 47 heavy (non-hydrogen) atoms. The Morgan fingerprint density at radius 1 is 1.04 bits per heavy atom. The molecule has 246 valence electrons. The first kappa shape index (κ1) is 34.0. The molecule has 0 bridgehead atoms. The van der Waals surface area contributed by atoms with Gasteiger partial charge in [0.25, 0.3) is 11.8 Å². The van der Waals surface area contributed by atoms with Crippen molar-refractivity contribution >= 4 is 29.3 Å². The number of carbonyl (C=O) groups is 2. The lowest BCUT2D eigenvalue weighted by molar-refractivity contribution is 0.0961. The van der Waals surface area contributed by atoms with E-state index >= 15 is 0 Å². The highest BCUT2D eigenvalue weighted by Gasteiger charge is 2.33. The number of halogens is 3. The topological polar surface area (TPSA) is 88.3 Å². The van der Waals surface area contributed by atoms with E-state index in [4.69, 9.17) is 10.7 Å². The molecule has 3 aromatic carbocycles. The summed E-state index contributed by atoms with van der Waals surface area (Å²) in [6.45, 7) is 9.28. The van der Waals surface area contributed by atoms with Gasteiger partial charge in [-0.1, -0.05) is 50.6 Å². The number of aryl methyl sites for hydroxylation is 1. The highest BCUT2D eigenvalue weighted by atomic mass is 32.2. The first-order valence-electron chi connectivity index (χ1n) is 15.8. The molecular weight excluding hydrogens is 621 g/mol. The van der Waals surface area contributed by atoms with Gasteiger partial charge in [0.05, 0.1) is 28.4 Å². The number of hydrogen-bond acceptors (Lipinski definition) is 5. The van der Waals surface area contributed by atoms with E-state index in [9.17, 15) is 22.8 Å². The van der Waals surface area contributed by atoms with Gasteiger partial charge in [0, 0.05) is 29.6 Å². The van der Waals surface area contributed by atoms with E-state index in [1.807, 2.05) is 25.1 Å². The highest BCUT2D eigenvalue weighted by Crippen LogP contribution is 2.42. The molecule has 2 aliphatic rings. The van der Waals surface area contributed by atoms with Gasteiger partial charge in [-0.15, -0.1) is 11.8 Å². The Bertz CT molecular complexity index is 1770. The normalized spacial score (nSPS) is 15.4. The van der Waals surface area contributed by atoms with Crippen LogP contribution in [0.1, 0.15) is 81.2 Å². The highest BCUT2D eigenvalue weighted by molar-refractivity contribution is 7.99. The van der Waals surface area contributed by atoms with E-state index in [0.717, 1.165) is 41.3 Å². The molecule has 3 N–H and O–H groups in total. The maximum absolute atomic E-state index is 13.8. The average molecular weight is 661 g/mol. The van der Waals surface area contributed by atoms with Crippen LogP contribution in [0.2, 0.25) is 0 Å². The summed E-state index contributed by atoms with van der Waals surface area (Å²) >= 11 is 1.63. The molecule has 3 heterocycles. The molecule has 4 aromatic rings. The molecule has 0 saturated heterocycles. The van der Waals surface area contributed by atoms with Gasteiger partial charge in [-0.2, -0.15) is 0 Å². The lowest BCUT2D eigenvalue weighted by Gasteiger charge is -2.23. The number of anilines is 1. The Balaban J connectivity index is 0.000000474. The molecule has 10 heteroatoms. The number of primary amides is 1. The van der Waals surface area contributed by atoms with E-state index in [-0.39, 0.29) is 22.9 Å². The van der Waals surface area contributed by atoms with Crippen LogP contribution in [-0.4, -0.2) is 29.2 Å². The number of pyridine rings is 1. The predicted molar refractivity (Wildman–Crippen MR) is 182 cm³/mol. The number of nitrogens with zero attached hydrogens (tertiary/aromatic N) is 2. The van der Waals surface area contributed by atoms with Crippen molar-refractivity contribution < 1.29 is 22.8 Å². The summed E-state index contributed by atoms with van der Waals surface area (Å²) < 4.78 is 39.3. The van der Waals surface area contributed by atoms with Crippen LogP contribution in [0, 0.1) is 30.3 Å². The minimum absolute atomic E-state index is 0.00608. The largest absolute Gasteiger partial charge is 0.367 e. The lowest BCUT2D eigenvalue weighted by atomic mass is 9.87. The van der Waals surface area contributed by atoms with E-state index in [0.29, 0.717) is 59.0 Å². The zero-order valence-corrected chi connectivity index (χ0v) is 27.8. The van der Waals surface area contributed by atoms with Crippen LogP contribution < -0.4 is 16.0 Å². The fourth-order valence-corrected chi connectivity index (χ4v) is 7.05. The van der Waals surface area contributed by atoms with Crippen molar-refractivity contribution in [2.45, 2.75) is 58.8 Å². The first-order valence-corrected chi connectivity index (χ1v) is 16.8. The quantitative estimate of drug-likeness (QED) is 0.210. The molecule has 0 fully saturated rings. The fourth-order valence-electron chi connectivity index (χ4n) is 6.07. The van der Waals surface area contributed by atoms with Crippen molar-refractivity contribution in [3.63, 3.8) is 0 Å². The first-order chi connectivity index (χ1) is 22.5. The van der Waals surface area contributed by atoms with Gasteiger partial charge in [-0.25, -0.2) is 13.2 Å². The molecule has 2 aliphatic heterocycles. The number of nitrogens with two attached hydrogens (primary N) is 1. The van der Waals surface area contributed by atoms with E-state index in [1.165, 1.54) is 18.2 Å². The number of thioether (sulfide) groups is 1. The van der Waals surface area contributed by atoms with Crippen LogP contribution >= 0.6 is 11.8 Å². The van der Waals surface area contributed by atoms with E-state index in [1.54, 1.807) is 30.0 Å². The smallest absolute Gasteiger partial charge is 0.254 e. The number of aromatic nitrogens is 1. The zero-order chi connectivity index (χ0) is 33.8. The van der Waals surface area contributed by atoms with Crippen LogP contribution in [0.3, 0.4) is 0 Å². The maximum Gasteiger partial charge on any atom is 0.254 e. The van der Waals surface area contributed by atoms with Crippen LogP contribution in [0.4, 0.5) is 18.9 Å². The van der Waals surface area contributed by atoms with E-state index in [2.05, 4.69) is 31.0 Å². The van der Waals surface area contributed by atoms with Crippen molar-refractivity contribution in [3.05, 3.63) is 117 Å². The summed E-state index contributed by atoms with van der Waals surface area (Å²) in [6, 6.07) is 16.3. The summed E-state index contributed by atoms with van der Waals surface area (Å²) in [4.78, 5) is 33.4. The molecule has 0 spiro atoms. The SMILES string of the molecule is CCC1SCNC(=O)c2c1nc(CC(C)C)c(C(N)=O)c2-c1ccc2c(c1)CCN2Cc1ccc(F)c(F)c1.Cc1ccc(F)cc1. The number of carbonyl (C=O) groups excluding carboxylic acids is 2. The van der Waals surface area contributed by atoms with Gasteiger partial charge in [-0.3, -0.25) is 14.6 Å². The maximum atomic E-state index is 13.8. The van der Waals surface area contributed by atoms with Crippen LogP contribution in [0.15, 0.2) is 60.7 Å². The molecule has 1 atom stereocenters. The third-order valence-corrected chi connectivity index (χ3v) is 9.57. The third kappa shape index (κ3) is 7.64. The molecule has 0 radical (unpaired) electrons. The minimum atomic E-state index is -0.864. The molecule has 6 rings (SSSR count). The van der Waals surface area contributed by atoms with Crippen molar-refractivity contribution in [2.75, 3.05) is 17.3 Å². The number of fused-ring (bicyclic) bond motifs is 2. The molecule has 0 aliphatic carbocycles. The van der Waals surface area contributed by atoms with Gasteiger partial charge in [0.2, 0.25) is 0 Å². The third-order valence-electron chi connectivity index (χ3n) is 8.30. The van der Waals surface area contributed by atoms with Gasteiger partial charge in [0.1, 0.15) is 5.82 Å². The van der Waals surface area contributed by atoms with Gasteiger partial charge in [0.15, 0.2) is 11.6 Å². The zero-order valence-electron chi connectivity index (χ0n) is 27.0. The summed E-state index contributed by atoms with van der Waals surface area (Å²) in [5.41, 5.74) is 13.1. The number of amides is 2. The van der Waals surface area contributed by atoms with Crippen molar-refractivity contribution in [3.8, 4) is 11.1 Å². The van der Waals surface area contributed by atoms with Crippen LogP contribution in [-0.2, 0) is 19.4 Å². The summed E-state index contributed by atoms with van der Waals surface area (Å²) in [7, 11) is 0. The molecule has 6 nitrogen and oxygen atoms in total. The second-order valence-electron chi connectivity index (χ2n) is 12.3. The van der Waals surface area contributed by atoms with Gasteiger partial charge < -0.3 is 16.0 Å². The molecule has 2 amide bonds. The molecular formula is C37H39F3N4O2S. The predicted octanol–water partition coefficient (Wildman–Crippen LogP) is 7.91. The second kappa shape index (κ2) is 14.6. The van der Waals surface area contributed by atoms with Crippen molar-refractivity contribution in [1.29, 1.82) is 0 Å². The van der Waals surface area contributed by atoms with Gasteiger partial charge >= 0.3 is 0 Å². The fraction of sp³-hybridized carbons (Fsp3) is 0.324. The molecule has 0 saturated carbocycles. The number of nitrogens with one attached hydrogen (secondary N) is 1. The Morgan fingerprint density at radius 3 is 2.43 bits per heavy atom. The number of rotatable bonds is 7. The molecule has 1 unspecified atom stereocenters. The van der Waals surface area contributed by atoms with E-state index < -0.39 is 17.5 Å². The minimum Gasteiger partial charge on any atom is -0.367 e. The Morgan fingerprint density at radius 2 is 1.79 bits per heavy atom. The Labute approximate surface area is 278 Å². The number of benzene rings is 3. The Hall–Kier alpha value is -4.31. The average Bonchev–Trinajstić information content (AvgIpc) is 3.35. The number of hydrogen-bond donors (Lipinski definition) is 2. The molecule has 1 aromatic heterocycles. The lowest BCUT2D eigenvalue weighted by Crippen LogP contribution is -2.26. The second-order valence-corrected chi connectivity index (χ2v) is 13.5. The van der Waals surface area contributed by atoms with Crippen molar-refractivity contribution in [2.24, 2.45) is 11.7 Å². The summed E-state index contributed by atoms with van der Waals surface area (Å²) in [6.07, 6.45) is 2.10. The van der Waals surface area contributed by atoms with Crippen LogP contribution in [0.25, 0.3) is 11.1 Å². The van der Waals surface area contributed by atoms with Crippen LogP contribution in [0.5, 0.6) is 0 Å². The standard InChI is InChI=1S/C30H32F2N4O2S.C7H7F/c1-4-24-28-27(30(38)34-15-39-24)25(26(29(33)37)22(35-28)11-16(2)3)19-6-8-23-18(13-19)9-10-36(23)14-17-5-7-20(31)21(32)12-17;1-6-2-4-7(8)5-3-6/h5-8,12-13,16,24H,4,9-11,14-15H2,1-3H3,(H2,33,37)(H,34,38);2-5H,1H3.